The number of piperazine rings is 1. The molecule has 1 N–H and O–H groups in total. The number of anilines is 2. The average Bonchev–Trinajstić information content (AvgIpc) is 2.76. The molecule has 1 aliphatic carbocycles. The summed E-state index contributed by atoms with van der Waals surface area (Å²) in [6.07, 6.45) is 4.41. The predicted molar refractivity (Wildman–Crippen MR) is 124 cm³/mol. The second-order valence-corrected chi connectivity index (χ2v) is 8.91. The van der Waals surface area contributed by atoms with Gasteiger partial charge >= 0.3 is 5.24 Å². The van der Waals surface area contributed by atoms with Crippen molar-refractivity contribution in [1.29, 1.82) is 0 Å². The fourth-order valence-electron chi connectivity index (χ4n) is 4.29. The lowest BCUT2D eigenvalue weighted by Gasteiger charge is -2.36. The zero-order valence-corrected chi connectivity index (χ0v) is 18.8. The standard InChI is InChI=1S/C23H30N4O2S/c1-16-12-17(2)14-19(13-16)26-8-10-27(11-9-26)23(28)30-25-21-15-18-6-4-5-7-20(18)24-22(21)29-3/h12-15,25H,4-11H2,1-3H3. The zero-order chi connectivity index (χ0) is 21.1. The van der Waals surface area contributed by atoms with Crippen molar-refractivity contribution < 1.29 is 9.53 Å². The van der Waals surface area contributed by atoms with Crippen LogP contribution in [0.2, 0.25) is 0 Å². The van der Waals surface area contributed by atoms with Crippen molar-refractivity contribution in [2.75, 3.05) is 42.9 Å². The Labute approximate surface area is 183 Å². The summed E-state index contributed by atoms with van der Waals surface area (Å²) < 4.78 is 8.65. The number of ether oxygens (including phenoxy) is 1. The zero-order valence-electron chi connectivity index (χ0n) is 18.0. The Hall–Kier alpha value is -2.41. The third-order valence-electron chi connectivity index (χ3n) is 5.82. The van der Waals surface area contributed by atoms with Crippen LogP contribution in [0.4, 0.5) is 16.2 Å². The molecule has 1 amide bonds. The highest BCUT2D eigenvalue weighted by Gasteiger charge is 2.23. The third-order valence-corrected chi connectivity index (χ3v) is 6.57. The van der Waals surface area contributed by atoms with Gasteiger partial charge < -0.3 is 19.3 Å². The number of hydrogen-bond donors (Lipinski definition) is 1. The smallest absolute Gasteiger partial charge is 0.302 e. The minimum atomic E-state index is 0.0369. The molecule has 160 valence electrons. The van der Waals surface area contributed by atoms with E-state index in [1.54, 1.807) is 7.11 Å². The van der Waals surface area contributed by atoms with Crippen LogP contribution < -0.4 is 14.4 Å². The SMILES string of the molecule is COc1nc2c(cc1NSC(=O)N1CCN(c3cc(C)cc(C)c3)CC1)CCCC2. The highest BCUT2D eigenvalue weighted by atomic mass is 32.2. The molecular formula is C23H30N4O2S. The number of hydrogen-bond acceptors (Lipinski definition) is 6. The number of aromatic nitrogens is 1. The molecule has 2 aromatic rings. The fourth-order valence-corrected chi connectivity index (χ4v) is 4.94. The van der Waals surface area contributed by atoms with Gasteiger partial charge in [-0.2, -0.15) is 0 Å². The Morgan fingerprint density at radius 2 is 1.73 bits per heavy atom. The lowest BCUT2D eigenvalue weighted by molar-refractivity contribution is 0.219. The van der Waals surface area contributed by atoms with Crippen LogP contribution in [0, 0.1) is 13.8 Å². The molecule has 2 aliphatic rings. The van der Waals surface area contributed by atoms with Crippen molar-refractivity contribution in [3.8, 4) is 5.88 Å². The maximum absolute atomic E-state index is 12.8. The normalized spacial score (nSPS) is 16.2. The van der Waals surface area contributed by atoms with Gasteiger partial charge in [-0.05, 0) is 74.4 Å². The Morgan fingerprint density at radius 1 is 1.03 bits per heavy atom. The van der Waals surface area contributed by atoms with E-state index in [0.29, 0.717) is 5.88 Å². The lowest BCUT2D eigenvalue weighted by atomic mass is 9.96. The van der Waals surface area contributed by atoms with Gasteiger partial charge in [0.2, 0.25) is 5.88 Å². The van der Waals surface area contributed by atoms with E-state index < -0.39 is 0 Å². The number of carbonyl (C=O) groups is 1. The highest BCUT2D eigenvalue weighted by molar-refractivity contribution is 8.14. The van der Waals surface area contributed by atoms with Crippen LogP contribution in [-0.4, -0.2) is 48.4 Å². The van der Waals surface area contributed by atoms with Crippen LogP contribution in [0.15, 0.2) is 24.3 Å². The van der Waals surface area contributed by atoms with Crippen molar-refractivity contribution in [3.05, 3.63) is 46.6 Å². The minimum Gasteiger partial charge on any atom is -0.479 e. The number of methoxy groups -OCH3 is 1. The number of amides is 1. The van der Waals surface area contributed by atoms with Crippen molar-refractivity contribution in [3.63, 3.8) is 0 Å². The number of fused-ring (bicyclic) bond motifs is 1. The van der Waals surface area contributed by atoms with Gasteiger partial charge in [0.05, 0.1) is 7.11 Å². The van der Waals surface area contributed by atoms with Crippen LogP contribution in [0.3, 0.4) is 0 Å². The molecule has 0 saturated carbocycles. The van der Waals surface area contributed by atoms with E-state index in [0.717, 1.165) is 62.3 Å². The van der Waals surface area contributed by atoms with Gasteiger partial charge in [-0.1, -0.05) is 6.07 Å². The molecule has 0 radical (unpaired) electrons. The van der Waals surface area contributed by atoms with E-state index >= 15 is 0 Å². The molecule has 1 aliphatic heterocycles. The molecule has 0 bridgehead atoms. The first-order chi connectivity index (χ1) is 14.5. The van der Waals surface area contributed by atoms with Gasteiger partial charge in [0, 0.05) is 49.5 Å². The quantitative estimate of drug-likeness (QED) is 0.722. The maximum atomic E-state index is 12.8. The summed E-state index contributed by atoms with van der Waals surface area (Å²) in [5.74, 6) is 0.565. The number of pyridine rings is 1. The average molecular weight is 427 g/mol. The number of carbonyl (C=O) groups excluding carboxylic acids is 1. The third kappa shape index (κ3) is 4.67. The summed E-state index contributed by atoms with van der Waals surface area (Å²) in [7, 11) is 1.63. The van der Waals surface area contributed by atoms with Crippen molar-refractivity contribution in [2.24, 2.45) is 0 Å². The fraction of sp³-hybridized carbons (Fsp3) is 0.478. The Kier molecular flexibility index (Phi) is 6.37. The van der Waals surface area contributed by atoms with E-state index in [4.69, 9.17) is 4.74 Å². The molecule has 4 rings (SSSR count). The number of nitrogens with one attached hydrogen (secondary N) is 1. The van der Waals surface area contributed by atoms with E-state index in [9.17, 15) is 4.79 Å². The molecule has 1 aromatic carbocycles. The monoisotopic (exact) mass is 426 g/mol. The Balaban J connectivity index is 1.34. The molecule has 30 heavy (non-hydrogen) atoms. The summed E-state index contributed by atoms with van der Waals surface area (Å²) >= 11 is 1.12. The van der Waals surface area contributed by atoms with Crippen LogP contribution >= 0.6 is 11.9 Å². The van der Waals surface area contributed by atoms with Gasteiger partial charge in [-0.15, -0.1) is 0 Å². The second-order valence-electron chi connectivity index (χ2n) is 8.15. The molecule has 7 heteroatoms. The highest BCUT2D eigenvalue weighted by Crippen LogP contribution is 2.31. The van der Waals surface area contributed by atoms with Gasteiger partial charge in [-0.25, -0.2) is 4.98 Å². The van der Waals surface area contributed by atoms with Crippen LogP contribution in [-0.2, 0) is 12.8 Å². The number of nitrogens with zero attached hydrogens (tertiary/aromatic N) is 3. The number of rotatable bonds is 4. The van der Waals surface area contributed by atoms with Crippen LogP contribution in [0.1, 0.15) is 35.2 Å². The minimum absolute atomic E-state index is 0.0369. The summed E-state index contributed by atoms with van der Waals surface area (Å²) in [5.41, 5.74) is 6.97. The topological polar surface area (TPSA) is 57.7 Å². The number of aryl methyl sites for hydroxylation is 4. The number of benzene rings is 1. The van der Waals surface area contributed by atoms with Gasteiger partial charge in [0.15, 0.2) is 0 Å². The predicted octanol–water partition coefficient (Wildman–Crippen LogP) is 4.59. The van der Waals surface area contributed by atoms with Crippen molar-refractivity contribution >= 4 is 28.6 Å². The van der Waals surface area contributed by atoms with E-state index in [2.05, 4.69) is 52.7 Å². The van der Waals surface area contributed by atoms with Crippen LogP contribution in [0.5, 0.6) is 5.88 Å². The first-order valence-electron chi connectivity index (χ1n) is 10.7. The molecule has 1 fully saturated rings. The van der Waals surface area contributed by atoms with E-state index in [-0.39, 0.29) is 5.24 Å². The molecule has 1 aromatic heterocycles. The Morgan fingerprint density at radius 3 is 2.43 bits per heavy atom. The first kappa shape index (κ1) is 20.8. The molecule has 0 atom stereocenters. The summed E-state index contributed by atoms with van der Waals surface area (Å²) in [5, 5.41) is 0.0369. The molecule has 6 nitrogen and oxygen atoms in total. The summed E-state index contributed by atoms with van der Waals surface area (Å²) in [6.45, 7) is 7.39. The van der Waals surface area contributed by atoms with E-state index in [1.165, 1.54) is 35.2 Å². The molecule has 0 spiro atoms. The maximum Gasteiger partial charge on any atom is 0.302 e. The van der Waals surface area contributed by atoms with Gasteiger partial charge in [0.25, 0.3) is 0 Å². The lowest BCUT2D eigenvalue weighted by Crippen LogP contribution is -2.47. The first-order valence-corrected chi connectivity index (χ1v) is 11.5. The van der Waals surface area contributed by atoms with Gasteiger partial charge in [-0.3, -0.25) is 4.79 Å². The molecule has 2 heterocycles. The van der Waals surface area contributed by atoms with Crippen LogP contribution in [0.25, 0.3) is 0 Å². The Bertz CT molecular complexity index is 905. The van der Waals surface area contributed by atoms with Crippen molar-refractivity contribution in [2.45, 2.75) is 39.5 Å². The van der Waals surface area contributed by atoms with E-state index in [1.807, 2.05) is 4.90 Å². The van der Waals surface area contributed by atoms with Crippen molar-refractivity contribution in [1.82, 2.24) is 9.88 Å². The molecular weight excluding hydrogens is 396 g/mol. The molecule has 1 saturated heterocycles. The molecule has 0 unspecified atom stereocenters. The van der Waals surface area contributed by atoms with Gasteiger partial charge in [0.1, 0.15) is 5.69 Å². The largest absolute Gasteiger partial charge is 0.479 e. The summed E-state index contributed by atoms with van der Waals surface area (Å²) in [4.78, 5) is 21.7. The second kappa shape index (κ2) is 9.16. The summed E-state index contributed by atoms with van der Waals surface area (Å²) in [6, 6.07) is 8.72.